The molecule has 0 aromatic carbocycles. The van der Waals surface area contributed by atoms with Gasteiger partial charge in [0.05, 0.1) is 0 Å². The van der Waals surface area contributed by atoms with Crippen LogP contribution in [-0.4, -0.2) is 23.1 Å². The smallest absolute Gasteiger partial charge is 0.154 e. The Balaban J connectivity index is 3.25. The van der Waals surface area contributed by atoms with Crippen LogP contribution >= 0.6 is 0 Å². The maximum atomic E-state index is 4.59. The highest BCUT2D eigenvalue weighted by Gasteiger charge is 2.11. The second kappa shape index (κ2) is 5.64. The van der Waals surface area contributed by atoms with Crippen LogP contribution in [0, 0.1) is 13.8 Å². The molecular formula is C13H21N3. The molecule has 3 heteroatoms. The summed E-state index contributed by atoms with van der Waals surface area (Å²) in [5, 5.41) is 0. The second-order valence-corrected chi connectivity index (χ2v) is 3.79. The van der Waals surface area contributed by atoms with Gasteiger partial charge in [-0.2, -0.15) is 0 Å². The highest BCUT2D eigenvalue weighted by molar-refractivity contribution is 5.52. The van der Waals surface area contributed by atoms with Crippen LogP contribution < -0.4 is 4.90 Å². The van der Waals surface area contributed by atoms with E-state index in [0.717, 1.165) is 30.4 Å². The summed E-state index contributed by atoms with van der Waals surface area (Å²) in [6, 6.07) is 0. The van der Waals surface area contributed by atoms with Crippen molar-refractivity contribution in [1.29, 1.82) is 0 Å². The molecule has 0 aliphatic rings. The Labute approximate surface area is 98.2 Å². The van der Waals surface area contributed by atoms with Crippen molar-refractivity contribution >= 4 is 11.9 Å². The molecule has 0 N–H and O–H groups in total. The third-order valence-electron chi connectivity index (χ3n) is 2.76. The van der Waals surface area contributed by atoms with Gasteiger partial charge >= 0.3 is 0 Å². The lowest BCUT2D eigenvalue weighted by Gasteiger charge is -2.22. The highest BCUT2D eigenvalue weighted by Crippen LogP contribution is 2.19. The molecule has 1 rings (SSSR count). The van der Waals surface area contributed by atoms with E-state index in [1.807, 2.05) is 26.0 Å². The first-order valence-electron chi connectivity index (χ1n) is 5.86. The summed E-state index contributed by atoms with van der Waals surface area (Å²) >= 11 is 0. The Bertz CT molecular complexity index is 379. The number of allylic oxidation sites excluding steroid dienone is 1. The van der Waals surface area contributed by atoms with Gasteiger partial charge in [-0.15, -0.1) is 0 Å². The molecule has 0 aliphatic heterocycles. The van der Waals surface area contributed by atoms with Crippen molar-refractivity contribution in [2.24, 2.45) is 0 Å². The van der Waals surface area contributed by atoms with E-state index in [1.54, 1.807) is 0 Å². The standard InChI is InChI=1S/C13H21N3/c1-6-9-12-14-11(5)10(4)13(15-12)16(7-2)8-3/h6,9H,7-8H2,1-5H3/b9-6+. The number of hydrogen-bond donors (Lipinski definition) is 0. The lowest BCUT2D eigenvalue weighted by atomic mass is 10.2. The Hall–Kier alpha value is -1.38. The molecule has 1 heterocycles. The summed E-state index contributed by atoms with van der Waals surface area (Å²) in [6.45, 7) is 12.4. The topological polar surface area (TPSA) is 29.0 Å². The molecule has 0 spiro atoms. The number of anilines is 1. The molecule has 0 amide bonds. The Kier molecular flexibility index (Phi) is 4.47. The Morgan fingerprint density at radius 1 is 1.12 bits per heavy atom. The predicted molar refractivity (Wildman–Crippen MR) is 69.8 cm³/mol. The molecule has 0 saturated heterocycles. The molecular weight excluding hydrogens is 198 g/mol. The van der Waals surface area contributed by atoms with Crippen molar-refractivity contribution in [2.75, 3.05) is 18.0 Å². The second-order valence-electron chi connectivity index (χ2n) is 3.79. The highest BCUT2D eigenvalue weighted by atomic mass is 15.2. The molecule has 16 heavy (non-hydrogen) atoms. The van der Waals surface area contributed by atoms with Crippen LogP contribution in [0.5, 0.6) is 0 Å². The van der Waals surface area contributed by atoms with Crippen molar-refractivity contribution in [3.05, 3.63) is 23.2 Å². The van der Waals surface area contributed by atoms with Crippen LogP contribution in [-0.2, 0) is 0 Å². The fourth-order valence-electron chi connectivity index (χ4n) is 1.69. The Morgan fingerprint density at radius 2 is 1.75 bits per heavy atom. The quantitative estimate of drug-likeness (QED) is 0.779. The molecule has 0 radical (unpaired) electrons. The summed E-state index contributed by atoms with van der Waals surface area (Å²) in [5.41, 5.74) is 2.24. The third kappa shape index (κ3) is 2.60. The summed E-state index contributed by atoms with van der Waals surface area (Å²) < 4.78 is 0. The number of aryl methyl sites for hydroxylation is 1. The minimum Gasteiger partial charge on any atom is -0.357 e. The van der Waals surface area contributed by atoms with Crippen LogP contribution in [0.25, 0.3) is 6.08 Å². The van der Waals surface area contributed by atoms with Crippen molar-refractivity contribution in [3.8, 4) is 0 Å². The average molecular weight is 219 g/mol. The van der Waals surface area contributed by atoms with E-state index in [0.29, 0.717) is 0 Å². The number of hydrogen-bond acceptors (Lipinski definition) is 3. The molecule has 0 atom stereocenters. The monoisotopic (exact) mass is 219 g/mol. The summed E-state index contributed by atoms with van der Waals surface area (Å²) in [4.78, 5) is 11.3. The number of aromatic nitrogens is 2. The summed E-state index contributed by atoms with van der Waals surface area (Å²) in [5.74, 6) is 1.86. The lowest BCUT2D eigenvalue weighted by Crippen LogP contribution is -2.24. The van der Waals surface area contributed by atoms with Crippen LogP contribution in [0.3, 0.4) is 0 Å². The van der Waals surface area contributed by atoms with Crippen molar-refractivity contribution in [1.82, 2.24) is 9.97 Å². The van der Waals surface area contributed by atoms with Gasteiger partial charge in [0.15, 0.2) is 5.82 Å². The molecule has 88 valence electrons. The third-order valence-corrected chi connectivity index (χ3v) is 2.76. The largest absolute Gasteiger partial charge is 0.357 e. The Morgan fingerprint density at radius 3 is 2.25 bits per heavy atom. The van der Waals surface area contributed by atoms with Gasteiger partial charge in [-0.05, 0) is 40.7 Å². The number of nitrogens with zero attached hydrogens (tertiary/aromatic N) is 3. The van der Waals surface area contributed by atoms with Gasteiger partial charge in [-0.25, -0.2) is 9.97 Å². The van der Waals surface area contributed by atoms with Gasteiger partial charge in [-0.3, -0.25) is 0 Å². The minimum atomic E-state index is 0.799. The molecule has 1 aromatic heterocycles. The van der Waals surface area contributed by atoms with E-state index in [2.05, 4.69) is 35.6 Å². The van der Waals surface area contributed by atoms with E-state index in [-0.39, 0.29) is 0 Å². The van der Waals surface area contributed by atoms with E-state index in [1.165, 1.54) is 5.56 Å². The molecule has 0 aliphatic carbocycles. The first-order chi connectivity index (χ1) is 7.63. The molecule has 3 nitrogen and oxygen atoms in total. The van der Waals surface area contributed by atoms with E-state index >= 15 is 0 Å². The molecule has 0 saturated carbocycles. The van der Waals surface area contributed by atoms with Crippen LogP contribution in [0.2, 0.25) is 0 Å². The van der Waals surface area contributed by atoms with Gasteiger partial charge in [0.25, 0.3) is 0 Å². The van der Waals surface area contributed by atoms with Crippen LogP contribution in [0.4, 0.5) is 5.82 Å². The molecule has 0 fully saturated rings. The zero-order valence-electron chi connectivity index (χ0n) is 10.9. The first-order valence-corrected chi connectivity index (χ1v) is 5.86. The zero-order valence-corrected chi connectivity index (χ0v) is 10.9. The van der Waals surface area contributed by atoms with Crippen molar-refractivity contribution in [3.63, 3.8) is 0 Å². The van der Waals surface area contributed by atoms with Crippen LogP contribution in [0.15, 0.2) is 6.08 Å². The lowest BCUT2D eigenvalue weighted by molar-refractivity contribution is 0.828. The average Bonchev–Trinajstić information content (AvgIpc) is 2.27. The first kappa shape index (κ1) is 12.7. The maximum absolute atomic E-state index is 4.59. The van der Waals surface area contributed by atoms with Crippen molar-refractivity contribution < 1.29 is 0 Å². The zero-order chi connectivity index (χ0) is 12.1. The SMILES string of the molecule is C/C=C/c1nc(C)c(C)c(N(CC)CC)n1. The van der Waals surface area contributed by atoms with Gasteiger partial charge in [0, 0.05) is 24.3 Å². The summed E-state index contributed by atoms with van der Waals surface area (Å²) in [6.07, 6.45) is 3.91. The fraction of sp³-hybridized carbons (Fsp3) is 0.538. The predicted octanol–water partition coefficient (Wildman–Crippen LogP) is 2.97. The normalized spacial score (nSPS) is 11.1. The van der Waals surface area contributed by atoms with Crippen molar-refractivity contribution in [2.45, 2.75) is 34.6 Å². The molecule has 1 aromatic rings. The molecule has 0 unspecified atom stereocenters. The molecule has 0 bridgehead atoms. The van der Waals surface area contributed by atoms with Crippen LogP contribution in [0.1, 0.15) is 37.9 Å². The van der Waals surface area contributed by atoms with E-state index < -0.39 is 0 Å². The minimum absolute atomic E-state index is 0.799. The van der Waals surface area contributed by atoms with E-state index in [9.17, 15) is 0 Å². The van der Waals surface area contributed by atoms with Gasteiger partial charge in [0.2, 0.25) is 0 Å². The van der Waals surface area contributed by atoms with Gasteiger partial charge < -0.3 is 4.90 Å². The maximum Gasteiger partial charge on any atom is 0.154 e. The van der Waals surface area contributed by atoms with E-state index in [4.69, 9.17) is 0 Å². The fourth-order valence-corrected chi connectivity index (χ4v) is 1.69. The van der Waals surface area contributed by atoms with Gasteiger partial charge in [-0.1, -0.05) is 6.08 Å². The summed E-state index contributed by atoms with van der Waals surface area (Å²) in [7, 11) is 0. The number of rotatable bonds is 4. The van der Waals surface area contributed by atoms with Gasteiger partial charge in [0.1, 0.15) is 5.82 Å².